The molecule has 0 aromatic rings. The zero-order chi connectivity index (χ0) is 15.8. The van der Waals surface area contributed by atoms with Gasteiger partial charge < -0.3 is 13.9 Å². The Kier molecular flexibility index (Phi) is 8.09. The normalized spacial score (nSPS) is 13.3. The van der Waals surface area contributed by atoms with Gasteiger partial charge in [-0.15, -0.1) is 0 Å². The molecule has 0 saturated carbocycles. The number of hydrogen-bond acceptors (Lipinski definition) is 5. The fraction of sp³-hybridized carbons (Fsp3) is 0.500. The molecule has 5 nitrogen and oxygen atoms in total. The Morgan fingerprint density at radius 1 is 1.15 bits per heavy atom. The number of carbonyl (C=O) groups excluding carboxylic acids is 2. The van der Waals surface area contributed by atoms with Crippen LogP contribution in [0, 0.1) is 6.92 Å². The summed E-state index contributed by atoms with van der Waals surface area (Å²) in [6.07, 6.45) is 1.19. The average molecular weight is 299 g/mol. The molecule has 0 aromatic heterocycles. The minimum atomic E-state index is -1.06. The third kappa shape index (κ3) is 6.16. The molecule has 0 amide bonds. The fourth-order valence-corrected chi connectivity index (χ4v) is 1.85. The van der Waals surface area contributed by atoms with E-state index in [0.717, 1.165) is 0 Å². The maximum absolute atomic E-state index is 11.6. The van der Waals surface area contributed by atoms with E-state index in [2.05, 4.69) is 20.1 Å². The van der Waals surface area contributed by atoms with Gasteiger partial charge in [0.2, 0.25) is 5.79 Å². The molecule has 20 heavy (non-hydrogen) atoms. The lowest BCUT2D eigenvalue weighted by Crippen LogP contribution is -2.37. The van der Waals surface area contributed by atoms with E-state index in [1.165, 1.54) is 0 Å². The molecular formula is C14H23O5Si. The smallest absolute Gasteiger partial charge is 0.335 e. The number of rotatable bonds is 9. The van der Waals surface area contributed by atoms with Crippen molar-refractivity contribution in [1.82, 2.24) is 0 Å². The maximum Gasteiger partial charge on any atom is 0.335 e. The summed E-state index contributed by atoms with van der Waals surface area (Å²) in [5, 5.41) is 0. The largest absolute Gasteiger partial charge is 0.462 e. The van der Waals surface area contributed by atoms with E-state index in [-0.39, 0.29) is 13.0 Å². The minimum Gasteiger partial charge on any atom is -0.462 e. The monoisotopic (exact) mass is 299 g/mol. The number of esters is 2. The van der Waals surface area contributed by atoms with Crippen LogP contribution in [0.1, 0.15) is 33.1 Å². The third-order valence-electron chi connectivity index (χ3n) is 2.66. The topological polar surface area (TPSA) is 61.8 Å². The Labute approximate surface area is 123 Å². The van der Waals surface area contributed by atoms with Crippen molar-refractivity contribution in [3.8, 4) is 0 Å². The van der Waals surface area contributed by atoms with E-state index >= 15 is 0 Å². The Balaban J connectivity index is 4.40. The van der Waals surface area contributed by atoms with Crippen molar-refractivity contribution in [2.24, 2.45) is 0 Å². The van der Waals surface area contributed by atoms with Gasteiger partial charge in [0.1, 0.15) is 0 Å². The molecule has 1 unspecified atom stereocenters. The van der Waals surface area contributed by atoms with Crippen molar-refractivity contribution in [3.05, 3.63) is 31.2 Å². The quantitative estimate of drug-likeness (QED) is 0.211. The highest BCUT2D eigenvalue weighted by Gasteiger charge is 2.31. The summed E-state index contributed by atoms with van der Waals surface area (Å²) in [6, 6.07) is 0. The van der Waals surface area contributed by atoms with Crippen molar-refractivity contribution >= 4 is 22.4 Å². The van der Waals surface area contributed by atoms with Crippen molar-refractivity contribution in [2.75, 3.05) is 6.61 Å². The van der Waals surface area contributed by atoms with Crippen LogP contribution < -0.4 is 0 Å². The third-order valence-corrected chi connectivity index (χ3v) is 3.41. The lowest BCUT2D eigenvalue weighted by atomic mass is 10.1. The zero-order valence-corrected chi connectivity index (χ0v) is 14.5. The van der Waals surface area contributed by atoms with Crippen LogP contribution in [0.5, 0.6) is 0 Å². The van der Waals surface area contributed by atoms with Gasteiger partial charge in [0, 0.05) is 24.0 Å². The Morgan fingerprint density at radius 2 is 1.70 bits per heavy atom. The first-order chi connectivity index (χ1) is 9.28. The van der Waals surface area contributed by atoms with Crippen LogP contribution in [-0.4, -0.2) is 34.8 Å². The molecule has 0 saturated heterocycles. The van der Waals surface area contributed by atoms with E-state index in [4.69, 9.17) is 13.9 Å². The summed E-state index contributed by atoms with van der Waals surface area (Å²) in [7, 11) is 0.400. The van der Waals surface area contributed by atoms with Gasteiger partial charge in [0.15, 0.2) is 10.5 Å². The second-order valence-electron chi connectivity index (χ2n) is 4.55. The van der Waals surface area contributed by atoms with Crippen molar-refractivity contribution in [3.63, 3.8) is 0 Å². The molecule has 0 N–H and O–H groups in total. The number of ether oxygens (including phenoxy) is 2. The first-order valence-electron chi connectivity index (χ1n) is 6.34. The molecule has 0 aliphatic heterocycles. The molecule has 113 valence electrons. The predicted octanol–water partition coefficient (Wildman–Crippen LogP) is 1.22. The van der Waals surface area contributed by atoms with Crippen LogP contribution in [-0.2, 0) is 23.5 Å². The van der Waals surface area contributed by atoms with E-state index in [1.54, 1.807) is 13.8 Å². The van der Waals surface area contributed by atoms with Gasteiger partial charge in [-0.3, -0.25) is 0 Å². The Hall–Kier alpha value is -1.40. The highest BCUT2D eigenvalue weighted by molar-refractivity contribution is 5.98. The lowest BCUT2D eigenvalue weighted by Gasteiger charge is -2.31. The Bertz CT molecular complexity index is 385. The number of carbonyl (C=O) groups is 2. The van der Waals surface area contributed by atoms with Crippen molar-refractivity contribution in [2.45, 2.75) is 38.9 Å². The van der Waals surface area contributed by atoms with Crippen LogP contribution in [0.3, 0.4) is 0 Å². The Morgan fingerprint density at radius 3 is 2.10 bits per heavy atom. The van der Waals surface area contributed by atoms with Crippen molar-refractivity contribution < 1.29 is 23.5 Å². The van der Waals surface area contributed by atoms with Crippen LogP contribution >= 0.6 is 0 Å². The van der Waals surface area contributed by atoms with E-state index in [9.17, 15) is 9.59 Å². The average Bonchev–Trinajstić information content (AvgIpc) is 2.41. The van der Waals surface area contributed by atoms with Gasteiger partial charge in [0.05, 0.1) is 6.61 Å². The SMILES string of the molecule is [CH2]CC(CCCOC(=O)C(=C)C)(O[SiH3])OC(=O)C(=C)C. The first-order valence-corrected chi connectivity index (χ1v) is 7.15. The summed E-state index contributed by atoms with van der Waals surface area (Å²) in [4.78, 5) is 22.8. The zero-order valence-electron chi connectivity index (χ0n) is 12.5. The lowest BCUT2D eigenvalue weighted by molar-refractivity contribution is -0.196. The molecule has 0 spiro atoms. The van der Waals surface area contributed by atoms with Gasteiger partial charge in [0.25, 0.3) is 0 Å². The van der Waals surface area contributed by atoms with Gasteiger partial charge >= 0.3 is 11.9 Å². The van der Waals surface area contributed by atoms with E-state index in [1.807, 2.05) is 0 Å². The van der Waals surface area contributed by atoms with Gasteiger partial charge in [-0.2, -0.15) is 0 Å². The van der Waals surface area contributed by atoms with Crippen LogP contribution in [0.15, 0.2) is 24.3 Å². The maximum atomic E-state index is 11.6. The standard InChI is InChI=1S/C14H23O5Si/c1-6-14(19-20,18-13(16)11(4)5)8-7-9-17-12(15)10(2)3/h1-2,4,6-9H2,3,5,20H3. The molecule has 1 radical (unpaired) electrons. The van der Waals surface area contributed by atoms with E-state index < -0.39 is 17.7 Å². The molecule has 0 rings (SSSR count). The molecule has 0 heterocycles. The minimum absolute atomic E-state index is 0.211. The molecule has 1 atom stereocenters. The predicted molar refractivity (Wildman–Crippen MR) is 79.6 cm³/mol. The van der Waals surface area contributed by atoms with Crippen LogP contribution in [0.25, 0.3) is 0 Å². The van der Waals surface area contributed by atoms with Gasteiger partial charge in [-0.05, 0) is 27.2 Å². The summed E-state index contributed by atoms with van der Waals surface area (Å²) in [5.41, 5.74) is 0.650. The highest BCUT2D eigenvalue weighted by Crippen LogP contribution is 2.24. The second-order valence-corrected chi connectivity index (χ2v) is 4.96. The molecule has 0 aliphatic rings. The first kappa shape index (κ1) is 18.6. The van der Waals surface area contributed by atoms with Crippen molar-refractivity contribution in [1.29, 1.82) is 0 Å². The van der Waals surface area contributed by atoms with Crippen LogP contribution in [0.2, 0.25) is 0 Å². The van der Waals surface area contributed by atoms with Gasteiger partial charge in [-0.1, -0.05) is 13.2 Å². The summed E-state index contributed by atoms with van der Waals surface area (Å²) >= 11 is 0. The molecule has 0 aliphatic carbocycles. The summed E-state index contributed by atoms with van der Waals surface area (Å²) in [6.45, 7) is 14.1. The molecular weight excluding hydrogens is 276 g/mol. The van der Waals surface area contributed by atoms with Crippen LogP contribution in [0.4, 0.5) is 0 Å². The second kappa shape index (κ2) is 8.71. The van der Waals surface area contributed by atoms with E-state index in [0.29, 0.717) is 34.5 Å². The van der Waals surface area contributed by atoms with Gasteiger partial charge in [-0.25, -0.2) is 9.59 Å². The summed E-state index contributed by atoms with van der Waals surface area (Å²) < 4.78 is 15.7. The summed E-state index contributed by atoms with van der Waals surface area (Å²) in [5.74, 6) is -2.00. The highest BCUT2D eigenvalue weighted by atomic mass is 28.2. The molecule has 6 heteroatoms. The molecule has 0 fully saturated rings. The number of hydrogen-bond donors (Lipinski definition) is 0. The molecule has 0 bridgehead atoms. The molecule has 0 aromatic carbocycles. The fourth-order valence-electron chi connectivity index (χ4n) is 1.36.